The Kier molecular flexibility index (Phi) is 3.46. The van der Waals surface area contributed by atoms with Gasteiger partial charge in [0, 0.05) is 25.3 Å². The molecule has 6 heteroatoms. The lowest BCUT2D eigenvalue weighted by Crippen LogP contribution is -2.14. The second kappa shape index (κ2) is 5.62. The molecule has 0 fully saturated rings. The van der Waals surface area contributed by atoms with Gasteiger partial charge in [-0.1, -0.05) is 54.2 Å². The van der Waals surface area contributed by atoms with Crippen LogP contribution in [0.15, 0.2) is 59.8 Å². The Labute approximate surface area is 139 Å². The van der Waals surface area contributed by atoms with Crippen LogP contribution in [0.1, 0.15) is 10.9 Å². The first-order chi connectivity index (χ1) is 11.2. The van der Waals surface area contributed by atoms with Gasteiger partial charge in [0.25, 0.3) is 0 Å². The summed E-state index contributed by atoms with van der Waals surface area (Å²) < 4.78 is 1.98. The average molecular weight is 323 g/mol. The van der Waals surface area contributed by atoms with E-state index in [9.17, 15) is 0 Å². The third kappa shape index (κ3) is 2.55. The van der Waals surface area contributed by atoms with Crippen molar-refractivity contribution < 1.29 is 0 Å². The SMILES string of the molecule is CN(C)c1ccc(C2Nn3c(nnc3-c3ccccc3)S2)cc1. The van der Waals surface area contributed by atoms with Gasteiger partial charge in [0.15, 0.2) is 5.82 Å². The highest BCUT2D eigenvalue weighted by Gasteiger charge is 2.27. The zero-order chi connectivity index (χ0) is 15.8. The molecule has 2 aromatic carbocycles. The second-order valence-corrected chi connectivity index (χ2v) is 6.69. The fourth-order valence-corrected chi connectivity index (χ4v) is 3.57. The third-order valence-electron chi connectivity index (χ3n) is 3.85. The van der Waals surface area contributed by atoms with E-state index in [0.29, 0.717) is 0 Å². The number of rotatable bonds is 3. The van der Waals surface area contributed by atoms with E-state index in [1.165, 1.54) is 11.3 Å². The van der Waals surface area contributed by atoms with Gasteiger partial charge in [-0.15, -0.1) is 10.2 Å². The smallest absolute Gasteiger partial charge is 0.212 e. The van der Waals surface area contributed by atoms with Crippen molar-refractivity contribution in [1.82, 2.24) is 14.9 Å². The summed E-state index contributed by atoms with van der Waals surface area (Å²) in [5.41, 5.74) is 6.97. The number of nitrogens with one attached hydrogen (secondary N) is 1. The lowest BCUT2D eigenvalue weighted by atomic mass is 10.2. The standard InChI is InChI=1S/C17H17N5S/c1-21(2)14-10-8-13(9-11-14)16-20-22-15(18-19-17(22)23-16)12-6-4-3-5-7-12/h3-11,16,20H,1-2H3. The maximum Gasteiger partial charge on any atom is 0.212 e. The van der Waals surface area contributed by atoms with E-state index >= 15 is 0 Å². The molecule has 0 bridgehead atoms. The molecular weight excluding hydrogens is 306 g/mol. The normalized spacial score (nSPS) is 16.0. The van der Waals surface area contributed by atoms with Crippen molar-refractivity contribution in [2.45, 2.75) is 10.5 Å². The van der Waals surface area contributed by atoms with Gasteiger partial charge in [-0.2, -0.15) is 0 Å². The molecule has 4 rings (SSSR count). The van der Waals surface area contributed by atoms with Crippen LogP contribution in [0.5, 0.6) is 0 Å². The van der Waals surface area contributed by atoms with Crippen LogP contribution in [0.2, 0.25) is 0 Å². The minimum Gasteiger partial charge on any atom is -0.378 e. The van der Waals surface area contributed by atoms with Gasteiger partial charge in [-0.05, 0) is 17.7 Å². The number of thioether (sulfide) groups is 1. The van der Waals surface area contributed by atoms with Crippen molar-refractivity contribution in [2.75, 3.05) is 24.4 Å². The zero-order valence-corrected chi connectivity index (χ0v) is 13.8. The van der Waals surface area contributed by atoms with Crippen LogP contribution in [0.4, 0.5) is 5.69 Å². The molecule has 1 N–H and O–H groups in total. The van der Waals surface area contributed by atoms with E-state index in [1.54, 1.807) is 11.8 Å². The van der Waals surface area contributed by atoms with Gasteiger partial charge in [0.05, 0.1) is 0 Å². The summed E-state index contributed by atoms with van der Waals surface area (Å²) in [7, 11) is 4.09. The Hall–Kier alpha value is -2.47. The number of anilines is 1. The molecule has 0 radical (unpaired) electrons. The van der Waals surface area contributed by atoms with Gasteiger partial charge in [0.1, 0.15) is 5.37 Å². The molecule has 1 atom stereocenters. The fraction of sp³-hybridized carbons (Fsp3) is 0.176. The lowest BCUT2D eigenvalue weighted by Gasteiger charge is -2.15. The first-order valence-corrected chi connectivity index (χ1v) is 8.31. The highest BCUT2D eigenvalue weighted by Crippen LogP contribution is 2.40. The fourth-order valence-electron chi connectivity index (χ4n) is 2.58. The minimum absolute atomic E-state index is 0.152. The minimum atomic E-state index is 0.152. The molecule has 0 aliphatic carbocycles. The van der Waals surface area contributed by atoms with Gasteiger partial charge >= 0.3 is 0 Å². The Bertz CT molecular complexity index is 811. The van der Waals surface area contributed by atoms with Gasteiger partial charge in [0.2, 0.25) is 5.16 Å². The summed E-state index contributed by atoms with van der Waals surface area (Å²) in [6, 6.07) is 18.7. The number of benzene rings is 2. The molecule has 1 aromatic heterocycles. The highest BCUT2D eigenvalue weighted by atomic mass is 32.2. The molecule has 0 saturated heterocycles. The predicted octanol–water partition coefficient (Wildman–Crippen LogP) is 3.36. The van der Waals surface area contributed by atoms with E-state index in [1.807, 2.05) is 49.1 Å². The molecule has 23 heavy (non-hydrogen) atoms. The van der Waals surface area contributed by atoms with Gasteiger partial charge < -0.3 is 10.3 Å². The Morgan fingerprint density at radius 1 is 1.00 bits per heavy atom. The molecule has 116 valence electrons. The van der Waals surface area contributed by atoms with E-state index in [-0.39, 0.29) is 5.37 Å². The highest BCUT2D eigenvalue weighted by molar-refractivity contribution is 7.99. The number of nitrogens with zero attached hydrogens (tertiary/aromatic N) is 4. The second-order valence-electron chi connectivity index (χ2n) is 5.62. The summed E-state index contributed by atoms with van der Waals surface area (Å²) in [5, 5.41) is 9.64. The predicted molar refractivity (Wildman–Crippen MR) is 94.2 cm³/mol. The topological polar surface area (TPSA) is 46.0 Å². The first-order valence-electron chi connectivity index (χ1n) is 7.44. The van der Waals surface area contributed by atoms with Crippen molar-refractivity contribution in [3.8, 4) is 11.4 Å². The molecule has 1 aliphatic rings. The number of fused-ring (bicyclic) bond motifs is 1. The van der Waals surface area contributed by atoms with Crippen molar-refractivity contribution in [2.24, 2.45) is 0 Å². The van der Waals surface area contributed by atoms with Crippen molar-refractivity contribution in [1.29, 1.82) is 0 Å². The van der Waals surface area contributed by atoms with Crippen LogP contribution in [0.3, 0.4) is 0 Å². The van der Waals surface area contributed by atoms with Crippen molar-refractivity contribution in [3.05, 3.63) is 60.2 Å². The third-order valence-corrected chi connectivity index (χ3v) is 4.94. The molecule has 5 nitrogen and oxygen atoms in total. The van der Waals surface area contributed by atoms with E-state index in [4.69, 9.17) is 0 Å². The maximum absolute atomic E-state index is 4.30. The Morgan fingerprint density at radius 2 is 1.74 bits per heavy atom. The average Bonchev–Trinajstić information content (AvgIpc) is 3.16. The van der Waals surface area contributed by atoms with Gasteiger partial charge in [-0.3, -0.25) is 0 Å². The zero-order valence-electron chi connectivity index (χ0n) is 13.0. The summed E-state index contributed by atoms with van der Waals surface area (Å²) in [4.78, 5) is 2.10. The number of hydrogen-bond acceptors (Lipinski definition) is 5. The molecule has 0 spiro atoms. The number of hydrogen-bond donors (Lipinski definition) is 1. The van der Waals surface area contributed by atoms with E-state index < -0.39 is 0 Å². The van der Waals surface area contributed by atoms with Crippen LogP contribution in [0.25, 0.3) is 11.4 Å². The molecule has 1 unspecified atom stereocenters. The van der Waals surface area contributed by atoms with Crippen LogP contribution in [-0.2, 0) is 0 Å². The van der Waals surface area contributed by atoms with Crippen molar-refractivity contribution >= 4 is 17.4 Å². The summed E-state index contributed by atoms with van der Waals surface area (Å²) in [6.07, 6.45) is 0. The molecule has 1 aliphatic heterocycles. The van der Waals surface area contributed by atoms with Crippen LogP contribution in [-0.4, -0.2) is 29.0 Å². The summed E-state index contributed by atoms with van der Waals surface area (Å²) >= 11 is 1.68. The summed E-state index contributed by atoms with van der Waals surface area (Å²) in [6.45, 7) is 0. The molecule has 0 saturated carbocycles. The number of aromatic nitrogens is 3. The van der Waals surface area contributed by atoms with E-state index in [0.717, 1.165) is 16.5 Å². The largest absolute Gasteiger partial charge is 0.378 e. The molecule has 0 amide bonds. The Balaban J connectivity index is 1.60. The Morgan fingerprint density at radius 3 is 2.43 bits per heavy atom. The quantitative estimate of drug-likeness (QED) is 0.801. The monoisotopic (exact) mass is 323 g/mol. The van der Waals surface area contributed by atoms with Crippen molar-refractivity contribution in [3.63, 3.8) is 0 Å². The first kappa shape index (κ1) is 14.1. The summed E-state index contributed by atoms with van der Waals surface area (Å²) in [5.74, 6) is 0.848. The maximum atomic E-state index is 4.30. The molecule has 3 aromatic rings. The molecule has 2 heterocycles. The molecular formula is C17H17N5S. The van der Waals surface area contributed by atoms with E-state index in [2.05, 4.69) is 44.8 Å². The van der Waals surface area contributed by atoms with Gasteiger partial charge in [-0.25, -0.2) is 4.68 Å². The lowest BCUT2D eigenvalue weighted by molar-refractivity contribution is 0.792. The van der Waals surface area contributed by atoms with Crippen LogP contribution in [0, 0.1) is 0 Å². The van der Waals surface area contributed by atoms with Crippen LogP contribution >= 0.6 is 11.8 Å². The van der Waals surface area contributed by atoms with Crippen LogP contribution < -0.4 is 10.3 Å².